The van der Waals surface area contributed by atoms with Gasteiger partial charge in [-0.2, -0.15) is 5.10 Å². The van der Waals surface area contributed by atoms with Crippen molar-refractivity contribution in [1.82, 2.24) is 20.2 Å². The summed E-state index contributed by atoms with van der Waals surface area (Å²) < 4.78 is 7.91. The molecule has 2 unspecified atom stereocenters. The van der Waals surface area contributed by atoms with Gasteiger partial charge >= 0.3 is 0 Å². The Morgan fingerprint density at radius 1 is 1.53 bits per heavy atom. The van der Waals surface area contributed by atoms with Gasteiger partial charge in [-0.1, -0.05) is 0 Å². The Morgan fingerprint density at radius 2 is 2.32 bits per heavy atom. The van der Waals surface area contributed by atoms with E-state index in [0.29, 0.717) is 6.04 Å². The standard InChI is InChI=1S/C13H25N5O/c1-10(2)18-12(15-9-16-18)8-11(17-14)13(3)6-4-5-7-19-13/h9-11,17H,4-8,14H2,1-3H3. The summed E-state index contributed by atoms with van der Waals surface area (Å²) in [4.78, 5) is 4.35. The highest BCUT2D eigenvalue weighted by molar-refractivity contribution is 4.99. The van der Waals surface area contributed by atoms with Crippen LogP contribution in [0.1, 0.15) is 51.9 Å². The van der Waals surface area contributed by atoms with Crippen LogP contribution < -0.4 is 11.3 Å². The van der Waals surface area contributed by atoms with Crippen LogP contribution in [0, 0.1) is 0 Å². The van der Waals surface area contributed by atoms with E-state index in [1.807, 2.05) is 4.68 Å². The number of nitrogens with two attached hydrogens (primary N) is 1. The van der Waals surface area contributed by atoms with E-state index < -0.39 is 0 Å². The average molecular weight is 267 g/mol. The number of rotatable bonds is 5. The molecular formula is C13H25N5O. The van der Waals surface area contributed by atoms with Gasteiger partial charge in [0.15, 0.2) is 0 Å². The van der Waals surface area contributed by atoms with Crippen molar-refractivity contribution in [3.05, 3.63) is 12.2 Å². The summed E-state index contributed by atoms with van der Waals surface area (Å²) in [7, 11) is 0. The number of nitrogens with zero attached hydrogens (tertiary/aromatic N) is 3. The van der Waals surface area contributed by atoms with Gasteiger partial charge in [0.25, 0.3) is 0 Å². The molecule has 0 radical (unpaired) electrons. The van der Waals surface area contributed by atoms with Gasteiger partial charge in [0.1, 0.15) is 12.2 Å². The van der Waals surface area contributed by atoms with Gasteiger partial charge in [-0.25, -0.2) is 9.67 Å². The minimum absolute atomic E-state index is 0.0505. The number of nitrogens with one attached hydrogen (secondary N) is 1. The highest BCUT2D eigenvalue weighted by Gasteiger charge is 2.37. The number of ether oxygens (including phenoxy) is 1. The molecule has 0 aromatic carbocycles. The molecule has 2 heterocycles. The van der Waals surface area contributed by atoms with E-state index in [9.17, 15) is 0 Å². The van der Waals surface area contributed by atoms with Gasteiger partial charge in [-0.3, -0.25) is 11.3 Å². The van der Waals surface area contributed by atoms with E-state index in [2.05, 4.69) is 36.3 Å². The van der Waals surface area contributed by atoms with Crippen molar-refractivity contribution < 1.29 is 4.74 Å². The molecule has 0 bridgehead atoms. The largest absolute Gasteiger partial charge is 0.374 e. The van der Waals surface area contributed by atoms with E-state index >= 15 is 0 Å². The smallest absolute Gasteiger partial charge is 0.138 e. The second-order valence-corrected chi connectivity index (χ2v) is 5.76. The Kier molecular flexibility index (Phi) is 4.54. The predicted molar refractivity (Wildman–Crippen MR) is 73.4 cm³/mol. The first-order valence-corrected chi connectivity index (χ1v) is 7.05. The summed E-state index contributed by atoms with van der Waals surface area (Å²) in [5.41, 5.74) is 2.69. The van der Waals surface area contributed by atoms with Crippen LogP contribution in [0.25, 0.3) is 0 Å². The minimum atomic E-state index is -0.221. The van der Waals surface area contributed by atoms with Crippen LogP contribution in [0.4, 0.5) is 0 Å². The quantitative estimate of drug-likeness (QED) is 0.619. The highest BCUT2D eigenvalue weighted by Crippen LogP contribution is 2.29. The van der Waals surface area contributed by atoms with Crippen LogP contribution in [-0.2, 0) is 11.2 Å². The van der Waals surface area contributed by atoms with Crippen LogP contribution in [0.3, 0.4) is 0 Å². The summed E-state index contributed by atoms with van der Waals surface area (Å²) in [6, 6.07) is 0.352. The fourth-order valence-electron chi connectivity index (χ4n) is 2.72. The topological polar surface area (TPSA) is 78.0 Å². The Morgan fingerprint density at radius 3 is 2.89 bits per heavy atom. The summed E-state index contributed by atoms with van der Waals surface area (Å²) in [5, 5.41) is 4.27. The summed E-state index contributed by atoms with van der Waals surface area (Å²) in [6.07, 6.45) is 5.68. The first-order chi connectivity index (χ1) is 9.07. The van der Waals surface area contributed by atoms with E-state index in [1.54, 1.807) is 6.33 Å². The molecule has 6 heteroatoms. The lowest BCUT2D eigenvalue weighted by atomic mass is 9.86. The molecule has 1 aliphatic heterocycles. The molecule has 108 valence electrons. The number of aromatic nitrogens is 3. The van der Waals surface area contributed by atoms with E-state index in [0.717, 1.165) is 31.7 Å². The first-order valence-electron chi connectivity index (χ1n) is 7.05. The minimum Gasteiger partial charge on any atom is -0.374 e. The molecular weight excluding hydrogens is 242 g/mol. The molecule has 0 saturated carbocycles. The molecule has 6 nitrogen and oxygen atoms in total. The van der Waals surface area contributed by atoms with E-state index in [4.69, 9.17) is 10.6 Å². The zero-order chi connectivity index (χ0) is 13.9. The molecule has 0 amide bonds. The normalized spacial score (nSPS) is 25.7. The third kappa shape index (κ3) is 3.13. The van der Waals surface area contributed by atoms with Gasteiger partial charge in [-0.15, -0.1) is 0 Å². The van der Waals surface area contributed by atoms with Crippen LogP contribution in [0.5, 0.6) is 0 Å². The molecule has 2 rings (SSSR count). The maximum absolute atomic E-state index is 5.97. The molecule has 1 fully saturated rings. The van der Waals surface area contributed by atoms with Gasteiger partial charge in [0, 0.05) is 19.1 Å². The highest BCUT2D eigenvalue weighted by atomic mass is 16.5. The molecule has 1 saturated heterocycles. The molecule has 0 aliphatic carbocycles. The fraction of sp³-hybridized carbons (Fsp3) is 0.846. The Labute approximate surface area is 114 Å². The fourth-order valence-corrected chi connectivity index (χ4v) is 2.72. The lowest BCUT2D eigenvalue weighted by molar-refractivity contribution is -0.0889. The zero-order valence-corrected chi connectivity index (χ0v) is 12.1. The van der Waals surface area contributed by atoms with E-state index in [-0.39, 0.29) is 11.6 Å². The lowest BCUT2D eigenvalue weighted by Crippen LogP contribution is -2.55. The van der Waals surface area contributed by atoms with Crippen molar-refractivity contribution in [3.8, 4) is 0 Å². The Hall–Kier alpha value is -0.980. The molecule has 19 heavy (non-hydrogen) atoms. The van der Waals surface area contributed by atoms with Crippen LogP contribution in [-0.4, -0.2) is 33.0 Å². The molecule has 3 N–H and O–H groups in total. The van der Waals surface area contributed by atoms with Gasteiger partial charge in [0.05, 0.1) is 11.6 Å². The van der Waals surface area contributed by atoms with Crippen LogP contribution in [0.2, 0.25) is 0 Å². The molecule has 1 aromatic heterocycles. The second kappa shape index (κ2) is 5.98. The lowest BCUT2D eigenvalue weighted by Gasteiger charge is -2.40. The van der Waals surface area contributed by atoms with Crippen molar-refractivity contribution in [1.29, 1.82) is 0 Å². The van der Waals surface area contributed by atoms with Gasteiger partial charge < -0.3 is 4.74 Å². The molecule has 1 aromatic rings. The molecule has 1 aliphatic rings. The number of hydrazine groups is 1. The SMILES string of the molecule is CC(C)n1ncnc1CC(NN)C1(C)CCCCO1. The summed E-state index contributed by atoms with van der Waals surface area (Å²) >= 11 is 0. The van der Waals surface area contributed by atoms with Crippen molar-refractivity contribution in [2.24, 2.45) is 5.84 Å². The van der Waals surface area contributed by atoms with Crippen molar-refractivity contribution in [3.63, 3.8) is 0 Å². The Balaban J connectivity index is 2.12. The van der Waals surface area contributed by atoms with Crippen molar-refractivity contribution >= 4 is 0 Å². The first kappa shape index (κ1) is 14.4. The molecule has 2 atom stereocenters. The third-order valence-corrected chi connectivity index (χ3v) is 3.96. The van der Waals surface area contributed by atoms with Gasteiger partial charge in [0.2, 0.25) is 0 Å². The maximum Gasteiger partial charge on any atom is 0.138 e. The number of hydrogen-bond acceptors (Lipinski definition) is 5. The third-order valence-electron chi connectivity index (χ3n) is 3.96. The Bertz CT molecular complexity index is 397. The van der Waals surface area contributed by atoms with E-state index in [1.165, 1.54) is 6.42 Å². The zero-order valence-electron chi connectivity index (χ0n) is 12.1. The average Bonchev–Trinajstić information content (AvgIpc) is 2.85. The van der Waals surface area contributed by atoms with Crippen molar-refractivity contribution in [2.45, 2.75) is 64.1 Å². The second-order valence-electron chi connectivity index (χ2n) is 5.76. The summed E-state index contributed by atoms with van der Waals surface area (Å²) in [5.74, 6) is 6.70. The monoisotopic (exact) mass is 267 g/mol. The van der Waals surface area contributed by atoms with Crippen LogP contribution >= 0.6 is 0 Å². The summed E-state index contributed by atoms with van der Waals surface area (Å²) in [6.45, 7) is 7.14. The molecule has 0 spiro atoms. The maximum atomic E-state index is 5.97. The number of hydrogen-bond donors (Lipinski definition) is 2. The van der Waals surface area contributed by atoms with Crippen LogP contribution in [0.15, 0.2) is 6.33 Å². The predicted octanol–water partition coefficient (Wildman–Crippen LogP) is 1.19. The van der Waals surface area contributed by atoms with Crippen molar-refractivity contribution in [2.75, 3.05) is 6.61 Å². The van der Waals surface area contributed by atoms with Gasteiger partial charge in [-0.05, 0) is 40.0 Å².